The molecule has 2 fully saturated rings. The third-order valence-corrected chi connectivity index (χ3v) is 6.04. The van der Waals surface area contributed by atoms with Gasteiger partial charge in [0.15, 0.2) is 0 Å². The first-order valence-electron chi connectivity index (χ1n) is 9.26. The molecule has 0 aliphatic carbocycles. The number of imidazole rings is 1. The van der Waals surface area contributed by atoms with Crippen LogP contribution in [0.2, 0.25) is 0 Å². The van der Waals surface area contributed by atoms with Gasteiger partial charge in [0, 0.05) is 43.6 Å². The molecular formula is C20H27N3O3. The Morgan fingerprint density at radius 3 is 2.58 bits per heavy atom. The number of benzene rings is 1. The Kier molecular flexibility index (Phi) is 4.50. The number of aromatic nitrogens is 2. The summed E-state index contributed by atoms with van der Waals surface area (Å²) in [7, 11) is 3.57. The van der Waals surface area contributed by atoms with Gasteiger partial charge in [-0.2, -0.15) is 0 Å². The van der Waals surface area contributed by atoms with E-state index < -0.39 is 5.60 Å². The second kappa shape index (κ2) is 6.68. The summed E-state index contributed by atoms with van der Waals surface area (Å²) < 4.78 is 7.24. The van der Waals surface area contributed by atoms with Crippen molar-refractivity contribution in [3.8, 4) is 5.75 Å². The van der Waals surface area contributed by atoms with Crippen molar-refractivity contribution in [2.75, 3.05) is 7.11 Å². The third-order valence-electron chi connectivity index (χ3n) is 6.04. The van der Waals surface area contributed by atoms with Crippen molar-refractivity contribution < 1.29 is 14.9 Å². The second-order valence-corrected chi connectivity index (χ2v) is 7.66. The molecule has 4 rings (SSSR count). The number of rotatable bonds is 5. The number of hydrogen-bond acceptors (Lipinski definition) is 5. The van der Waals surface area contributed by atoms with Gasteiger partial charge in [-0.05, 0) is 43.4 Å². The smallest absolute Gasteiger partial charge is 0.140 e. The maximum atomic E-state index is 11.3. The number of methoxy groups -OCH3 is 1. The molecule has 2 aromatic rings. The van der Waals surface area contributed by atoms with Gasteiger partial charge in [-0.3, -0.25) is 4.90 Å². The molecule has 0 saturated carbocycles. The first-order chi connectivity index (χ1) is 12.5. The van der Waals surface area contributed by atoms with Crippen LogP contribution in [0.15, 0.2) is 30.6 Å². The quantitative estimate of drug-likeness (QED) is 0.856. The molecule has 2 atom stereocenters. The van der Waals surface area contributed by atoms with E-state index in [0.717, 1.165) is 49.4 Å². The lowest BCUT2D eigenvalue weighted by Gasteiger charge is -2.43. The zero-order valence-electron chi connectivity index (χ0n) is 15.4. The summed E-state index contributed by atoms with van der Waals surface area (Å²) in [6, 6.07) is 6.73. The van der Waals surface area contributed by atoms with Crippen molar-refractivity contribution in [3.05, 3.63) is 47.5 Å². The normalized spacial score (nSPS) is 28.5. The Hall–Kier alpha value is -1.89. The molecule has 2 bridgehead atoms. The van der Waals surface area contributed by atoms with Crippen LogP contribution in [-0.4, -0.2) is 43.9 Å². The van der Waals surface area contributed by atoms with E-state index in [9.17, 15) is 10.2 Å². The topological polar surface area (TPSA) is 70.8 Å². The molecule has 2 aliphatic heterocycles. The Morgan fingerprint density at radius 2 is 2.00 bits per heavy atom. The van der Waals surface area contributed by atoms with Gasteiger partial charge >= 0.3 is 0 Å². The SMILES string of the molecule is COc1ccc(CN2C3CCC2CC(O)(c2nccn2C)C3)cc1CO. The van der Waals surface area contributed by atoms with Crippen molar-refractivity contribution >= 4 is 0 Å². The predicted octanol–water partition coefficient (Wildman–Crippen LogP) is 1.94. The summed E-state index contributed by atoms with van der Waals surface area (Å²) in [5.74, 6) is 1.50. The van der Waals surface area contributed by atoms with Crippen LogP contribution in [-0.2, 0) is 25.8 Å². The summed E-state index contributed by atoms with van der Waals surface area (Å²) in [5, 5.41) is 20.8. The largest absolute Gasteiger partial charge is 0.496 e. The van der Waals surface area contributed by atoms with Crippen molar-refractivity contribution in [3.63, 3.8) is 0 Å². The number of aliphatic hydroxyl groups excluding tert-OH is 1. The number of hydrogen-bond donors (Lipinski definition) is 2. The zero-order valence-corrected chi connectivity index (χ0v) is 15.4. The fourth-order valence-corrected chi connectivity index (χ4v) is 4.84. The minimum absolute atomic E-state index is 0.0250. The van der Waals surface area contributed by atoms with E-state index in [0.29, 0.717) is 12.1 Å². The average Bonchev–Trinajstić information content (AvgIpc) is 3.17. The lowest BCUT2D eigenvalue weighted by atomic mass is 9.85. The molecule has 2 N–H and O–H groups in total. The fraction of sp³-hybridized carbons (Fsp3) is 0.550. The Balaban J connectivity index is 1.53. The lowest BCUT2D eigenvalue weighted by molar-refractivity contribution is -0.0669. The molecule has 1 aromatic carbocycles. The average molecular weight is 357 g/mol. The van der Waals surface area contributed by atoms with Gasteiger partial charge in [-0.1, -0.05) is 6.07 Å². The first-order valence-corrected chi connectivity index (χ1v) is 9.26. The second-order valence-electron chi connectivity index (χ2n) is 7.66. The van der Waals surface area contributed by atoms with E-state index in [1.54, 1.807) is 13.3 Å². The summed E-state index contributed by atoms with van der Waals surface area (Å²) >= 11 is 0. The van der Waals surface area contributed by atoms with Gasteiger partial charge in [-0.15, -0.1) is 0 Å². The minimum atomic E-state index is -0.837. The standard InChI is InChI=1S/C20H27N3O3/c1-22-8-7-21-19(22)20(25)10-16-4-5-17(11-20)23(16)12-14-3-6-18(26-2)15(9-14)13-24/h3,6-9,16-17,24-25H,4-5,10-13H2,1-2H3. The molecule has 6 heteroatoms. The Labute approximate surface area is 154 Å². The van der Waals surface area contributed by atoms with Gasteiger partial charge in [-0.25, -0.2) is 4.98 Å². The van der Waals surface area contributed by atoms with Crippen molar-refractivity contribution in [2.24, 2.45) is 7.05 Å². The molecule has 140 valence electrons. The van der Waals surface area contributed by atoms with Crippen LogP contribution in [0.3, 0.4) is 0 Å². The fourth-order valence-electron chi connectivity index (χ4n) is 4.84. The third kappa shape index (κ3) is 2.92. The zero-order chi connectivity index (χ0) is 18.3. The van der Waals surface area contributed by atoms with E-state index in [1.807, 2.05) is 29.9 Å². The van der Waals surface area contributed by atoms with Crippen molar-refractivity contribution in [1.29, 1.82) is 0 Å². The minimum Gasteiger partial charge on any atom is -0.496 e. The number of fused-ring (bicyclic) bond motifs is 2. The van der Waals surface area contributed by atoms with Crippen LogP contribution >= 0.6 is 0 Å². The van der Waals surface area contributed by atoms with E-state index in [2.05, 4.69) is 16.0 Å². The van der Waals surface area contributed by atoms with Gasteiger partial charge < -0.3 is 19.5 Å². The molecule has 0 amide bonds. The Bertz CT molecular complexity index is 774. The summed E-state index contributed by atoms with van der Waals surface area (Å²) in [6.45, 7) is 0.811. The highest BCUT2D eigenvalue weighted by Crippen LogP contribution is 2.45. The van der Waals surface area contributed by atoms with Crippen LogP contribution in [0, 0.1) is 0 Å². The van der Waals surface area contributed by atoms with Crippen molar-refractivity contribution in [1.82, 2.24) is 14.5 Å². The summed E-state index contributed by atoms with van der Waals surface area (Å²) in [4.78, 5) is 6.93. The van der Waals surface area contributed by atoms with Crippen LogP contribution in [0.5, 0.6) is 5.75 Å². The summed E-state index contributed by atoms with van der Waals surface area (Å²) in [5.41, 5.74) is 1.16. The van der Waals surface area contributed by atoms with Gasteiger partial charge in [0.25, 0.3) is 0 Å². The van der Waals surface area contributed by atoms with Crippen LogP contribution < -0.4 is 4.74 Å². The van der Waals surface area contributed by atoms with E-state index in [-0.39, 0.29) is 6.61 Å². The number of nitrogens with zero attached hydrogens (tertiary/aromatic N) is 3. The molecule has 6 nitrogen and oxygen atoms in total. The highest BCUT2D eigenvalue weighted by Gasteiger charge is 2.49. The monoisotopic (exact) mass is 357 g/mol. The number of aryl methyl sites for hydroxylation is 1. The van der Waals surface area contributed by atoms with Gasteiger partial charge in [0.1, 0.15) is 17.2 Å². The molecule has 2 saturated heterocycles. The van der Waals surface area contributed by atoms with Gasteiger partial charge in [0.2, 0.25) is 0 Å². The molecule has 3 heterocycles. The number of aliphatic hydroxyl groups is 2. The van der Waals surface area contributed by atoms with E-state index >= 15 is 0 Å². The van der Waals surface area contributed by atoms with Crippen LogP contribution in [0.1, 0.15) is 42.6 Å². The van der Waals surface area contributed by atoms with Gasteiger partial charge in [0.05, 0.1) is 13.7 Å². The summed E-state index contributed by atoms with van der Waals surface area (Å²) in [6.07, 6.45) is 7.32. The molecule has 2 aliphatic rings. The maximum absolute atomic E-state index is 11.3. The number of ether oxygens (including phenoxy) is 1. The first kappa shape index (κ1) is 17.5. The van der Waals surface area contributed by atoms with E-state index in [4.69, 9.17) is 4.74 Å². The molecule has 0 radical (unpaired) electrons. The highest BCUT2D eigenvalue weighted by atomic mass is 16.5. The molecular weight excluding hydrogens is 330 g/mol. The van der Waals surface area contributed by atoms with Crippen LogP contribution in [0.25, 0.3) is 0 Å². The molecule has 0 spiro atoms. The van der Waals surface area contributed by atoms with Crippen LogP contribution in [0.4, 0.5) is 0 Å². The maximum Gasteiger partial charge on any atom is 0.140 e. The van der Waals surface area contributed by atoms with Crippen molar-refractivity contribution in [2.45, 2.75) is 56.5 Å². The number of piperidine rings is 1. The van der Waals surface area contributed by atoms with E-state index in [1.165, 1.54) is 5.56 Å². The molecule has 2 unspecified atom stereocenters. The Morgan fingerprint density at radius 1 is 1.27 bits per heavy atom. The lowest BCUT2D eigenvalue weighted by Crippen LogP contribution is -2.50. The molecule has 26 heavy (non-hydrogen) atoms. The molecule has 1 aromatic heterocycles. The highest BCUT2D eigenvalue weighted by molar-refractivity contribution is 5.37. The predicted molar refractivity (Wildman–Crippen MR) is 97.6 cm³/mol.